The first kappa shape index (κ1) is 18.9. The Labute approximate surface area is 163 Å². The fourth-order valence-electron chi connectivity index (χ4n) is 2.83. The van der Waals surface area contributed by atoms with E-state index in [9.17, 15) is 4.79 Å². The van der Waals surface area contributed by atoms with Crippen LogP contribution in [-0.2, 0) is 0 Å². The lowest BCUT2D eigenvalue weighted by molar-refractivity contribution is 0.104. The average molecular weight is 389 g/mol. The number of halogens is 1. The minimum absolute atomic E-state index is 0.0609. The van der Waals surface area contributed by atoms with Crippen molar-refractivity contribution >= 4 is 34.8 Å². The number of nitrogens with zero attached hydrogens (tertiary/aromatic N) is 1. The molecule has 0 radical (unpaired) electrons. The Bertz CT molecular complexity index is 892. The van der Waals surface area contributed by atoms with Crippen molar-refractivity contribution in [2.24, 2.45) is 0 Å². The summed E-state index contributed by atoms with van der Waals surface area (Å²) in [5.41, 5.74) is 8.46. The molecule has 0 amide bonds. The van der Waals surface area contributed by atoms with E-state index in [1.807, 2.05) is 19.0 Å². The molecule has 0 bridgehead atoms. The van der Waals surface area contributed by atoms with E-state index in [2.05, 4.69) is 0 Å². The van der Waals surface area contributed by atoms with Gasteiger partial charge in [-0.3, -0.25) is 4.79 Å². The molecule has 0 saturated carbocycles. The SMILES string of the molecule is COc1cc(C=C(Cl)C(=O)c2ccc(N(C)C)c(N)c2)cc2c1OCCO2. The summed E-state index contributed by atoms with van der Waals surface area (Å²) in [6.45, 7) is 0.912. The van der Waals surface area contributed by atoms with Gasteiger partial charge in [0.2, 0.25) is 11.5 Å². The molecular formula is C20H21ClN2O4. The van der Waals surface area contributed by atoms with Crippen LogP contribution in [0.3, 0.4) is 0 Å². The second-order valence-corrected chi connectivity index (χ2v) is 6.64. The Hall–Kier alpha value is -2.86. The van der Waals surface area contributed by atoms with Gasteiger partial charge in [0, 0.05) is 19.7 Å². The van der Waals surface area contributed by atoms with Gasteiger partial charge in [0.1, 0.15) is 13.2 Å². The minimum atomic E-state index is -0.317. The highest BCUT2D eigenvalue weighted by Gasteiger charge is 2.19. The number of anilines is 2. The third kappa shape index (κ3) is 3.95. The molecule has 6 nitrogen and oxygen atoms in total. The summed E-state index contributed by atoms with van der Waals surface area (Å²) in [4.78, 5) is 14.5. The first-order valence-corrected chi connectivity index (χ1v) is 8.75. The summed E-state index contributed by atoms with van der Waals surface area (Å²) in [7, 11) is 5.31. The molecule has 7 heteroatoms. The zero-order valence-corrected chi connectivity index (χ0v) is 16.2. The smallest absolute Gasteiger partial charge is 0.204 e. The van der Waals surface area contributed by atoms with Crippen LogP contribution in [0.2, 0.25) is 0 Å². The third-order valence-electron chi connectivity index (χ3n) is 4.13. The predicted octanol–water partition coefficient (Wildman–Crippen LogP) is 3.58. The second-order valence-electron chi connectivity index (χ2n) is 6.24. The zero-order chi connectivity index (χ0) is 19.6. The van der Waals surface area contributed by atoms with Crippen molar-refractivity contribution in [2.45, 2.75) is 0 Å². The Kier molecular flexibility index (Phi) is 5.46. The maximum atomic E-state index is 12.7. The van der Waals surface area contributed by atoms with Crippen molar-refractivity contribution in [3.8, 4) is 17.2 Å². The van der Waals surface area contributed by atoms with E-state index < -0.39 is 0 Å². The lowest BCUT2D eigenvalue weighted by Crippen LogP contribution is -2.16. The van der Waals surface area contributed by atoms with Crippen LogP contribution in [0, 0.1) is 0 Å². The fraction of sp³-hybridized carbons (Fsp3) is 0.250. The summed E-state index contributed by atoms with van der Waals surface area (Å²) >= 11 is 6.28. The number of fused-ring (bicyclic) bond motifs is 1. The molecule has 0 aliphatic carbocycles. The number of Topliss-reactive ketones (excluding diaryl/α,β-unsaturated/α-hetero) is 1. The molecule has 2 N–H and O–H groups in total. The molecule has 2 aromatic carbocycles. The molecule has 3 rings (SSSR count). The van der Waals surface area contributed by atoms with Crippen LogP contribution in [-0.4, -0.2) is 40.2 Å². The number of methoxy groups -OCH3 is 1. The lowest BCUT2D eigenvalue weighted by atomic mass is 10.1. The quantitative estimate of drug-likeness (QED) is 0.479. The third-order valence-corrected chi connectivity index (χ3v) is 4.41. The number of ketones is 1. The molecule has 0 fully saturated rings. The molecule has 2 aromatic rings. The molecule has 142 valence electrons. The summed E-state index contributed by atoms with van der Waals surface area (Å²) in [5.74, 6) is 1.32. The Morgan fingerprint density at radius 2 is 1.96 bits per heavy atom. The lowest BCUT2D eigenvalue weighted by Gasteiger charge is -2.21. The van der Waals surface area contributed by atoms with Crippen LogP contribution >= 0.6 is 11.6 Å². The second kappa shape index (κ2) is 7.80. The van der Waals surface area contributed by atoms with Gasteiger partial charge in [0.15, 0.2) is 11.5 Å². The van der Waals surface area contributed by atoms with E-state index >= 15 is 0 Å². The maximum Gasteiger partial charge on any atom is 0.204 e. The molecule has 27 heavy (non-hydrogen) atoms. The molecule has 0 atom stereocenters. The first-order valence-electron chi connectivity index (χ1n) is 8.37. The molecule has 1 aliphatic heterocycles. The van der Waals surface area contributed by atoms with Crippen LogP contribution < -0.4 is 24.8 Å². The number of hydrogen-bond acceptors (Lipinski definition) is 6. The number of ether oxygens (including phenoxy) is 3. The number of nitrogens with two attached hydrogens (primary N) is 1. The number of hydrogen-bond donors (Lipinski definition) is 1. The monoisotopic (exact) mass is 388 g/mol. The van der Waals surface area contributed by atoms with Gasteiger partial charge < -0.3 is 24.8 Å². The minimum Gasteiger partial charge on any atom is -0.493 e. The molecule has 0 unspecified atom stereocenters. The summed E-state index contributed by atoms with van der Waals surface area (Å²) < 4.78 is 16.5. The zero-order valence-electron chi connectivity index (χ0n) is 15.4. The normalized spacial score (nSPS) is 13.3. The van der Waals surface area contributed by atoms with E-state index in [-0.39, 0.29) is 10.8 Å². The van der Waals surface area contributed by atoms with Gasteiger partial charge in [-0.1, -0.05) is 11.6 Å². The number of carbonyl (C=O) groups excluding carboxylic acids is 1. The predicted molar refractivity (Wildman–Crippen MR) is 107 cm³/mol. The fourth-order valence-corrected chi connectivity index (χ4v) is 3.06. The van der Waals surface area contributed by atoms with Gasteiger partial charge >= 0.3 is 0 Å². The van der Waals surface area contributed by atoms with Gasteiger partial charge in [-0.25, -0.2) is 0 Å². The average Bonchev–Trinajstić information content (AvgIpc) is 2.66. The van der Waals surface area contributed by atoms with Crippen molar-refractivity contribution in [3.05, 3.63) is 46.5 Å². The summed E-state index contributed by atoms with van der Waals surface area (Å²) in [6.07, 6.45) is 1.57. The van der Waals surface area contributed by atoms with Crippen molar-refractivity contribution in [1.29, 1.82) is 0 Å². The summed E-state index contributed by atoms with van der Waals surface area (Å²) in [6, 6.07) is 8.62. The molecule has 1 aliphatic rings. The molecule has 0 saturated heterocycles. The number of allylic oxidation sites excluding steroid dienone is 1. The molecular weight excluding hydrogens is 368 g/mol. The van der Waals surface area contributed by atoms with Gasteiger partial charge in [-0.15, -0.1) is 0 Å². The van der Waals surface area contributed by atoms with Crippen molar-refractivity contribution < 1.29 is 19.0 Å². The molecule has 1 heterocycles. The number of nitrogen functional groups attached to an aromatic ring is 1. The number of rotatable bonds is 5. The highest BCUT2D eigenvalue weighted by Crippen LogP contribution is 2.41. The number of benzene rings is 2. The molecule has 0 spiro atoms. The Morgan fingerprint density at radius 3 is 2.63 bits per heavy atom. The van der Waals surface area contributed by atoms with Gasteiger partial charge in [-0.05, 0) is 42.0 Å². The van der Waals surface area contributed by atoms with Gasteiger partial charge in [-0.2, -0.15) is 0 Å². The van der Waals surface area contributed by atoms with E-state index in [4.69, 9.17) is 31.5 Å². The first-order chi connectivity index (χ1) is 12.9. The van der Waals surface area contributed by atoms with Crippen LogP contribution in [0.15, 0.2) is 35.4 Å². The van der Waals surface area contributed by atoms with Gasteiger partial charge in [0.05, 0.1) is 23.5 Å². The van der Waals surface area contributed by atoms with Crippen LogP contribution in [0.1, 0.15) is 15.9 Å². The van der Waals surface area contributed by atoms with E-state index in [1.54, 1.807) is 43.5 Å². The molecule has 0 aromatic heterocycles. The topological polar surface area (TPSA) is 74.0 Å². The highest BCUT2D eigenvalue weighted by atomic mass is 35.5. The van der Waals surface area contributed by atoms with Crippen LogP contribution in [0.5, 0.6) is 17.2 Å². The van der Waals surface area contributed by atoms with Crippen molar-refractivity contribution in [3.63, 3.8) is 0 Å². The Morgan fingerprint density at radius 1 is 1.22 bits per heavy atom. The largest absolute Gasteiger partial charge is 0.493 e. The Balaban J connectivity index is 1.91. The van der Waals surface area contributed by atoms with Crippen molar-refractivity contribution in [1.82, 2.24) is 0 Å². The van der Waals surface area contributed by atoms with E-state index in [0.29, 0.717) is 47.3 Å². The van der Waals surface area contributed by atoms with Crippen molar-refractivity contribution in [2.75, 3.05) is 45.1 Å². The van der Waals surface area contributed by atoms with Crippen LogP contribution in [0.25, 0.3) is 6.08 Å². The number of carbonyl (C=O) groups is 1. The standard InChI is InChI=1S/C20H21ClN2O4/c1-23(2)16-5-4-13(11-15(16)22)19(24)14(21)8-12-9-17(25-3)20-18(10-12)26-6-7-27-20/h4-5,8-11H,6-7,22H2,1-3H3. The van der Waals surface area contributed by atoms with Gasteiger partial charge in [0.25, 0.3) is 0 Å². The maximum absolute atomic E-state index is 12.7. The van der Waals surface area contributed by atoms with E-state index in [0.717, 1.165) is 5.69 Å². The summed E-state index contributed by atoms with van der Waals surface area (Å²) in [5, 5.41) is 0.0609. The van der Waals surface area contributed by atoms with Crippen LogP contribution in [0.4, 0.5) is 11.4 Å². The van der Waals surface area contributed by atoms with E-state index in [1.165, 1.54) is 0 Å². The highest BCUT2D eigenvalue weighted by molar-refractivity contribution is 6.47.